The van der Waals surface area contributed by atoms with Crippen LogP contribution < -0.4 is 11.5 Å². The van der Waals surface area contributed by atoms with E-state index in [4.69, 9.17) is 21.3 Å². The molecule has 5 aliphatic carbocycles. The van der Waals surface area contributed by atoms with Crippen molar-refractivity contribution < 1.29 is 24.2 Å². The molecule has 4 bridgehead atoms. The number of hydrogen-bond donors (Lipinski definition) is 3. The minimum absolute atomic E-state index is 0.0350. The number of esters is 1. The molecular weight excluding hydrogens is 412 g/mol. The van der Waals surface area contributed by atoms with Gasteiger partial charge >= 0.3 is 11.9 Å². The van der Waals surface area contributed by atoms with Gasteiger partial charge in [0.1, 0.15) is 17.7 Å². The van der Waals surface area contributed by atoms with Gasteiger partial charge < -0.3 is 26.2 Å². The van der Waals surface area contributed by atoms with Crippen molar-refractivity contribution in [1.29, 1.82) is 5.26 Å². The van der Waals surface area contributed by atoms with Gasteiger partial charge in [-0.2, -0.15) is 5.26 Å². The fourth-order valence-corrected chi connectivity index (χ4v) is 7.73. The number of aliphatic carboxylic acids is 1. The van der Waals surface area contributed by atoms with Crippen molar-refractivity contribution in [1.82, 2.24) is 4.90 Å². The summed E-state index contributed by atoms with van der Waals surface area (Å²) in [5.41, 5.74) is 11.5. The van der Waals surface area contributed by atoms with E-state index >= 15 is 0 Å². The van der Waals surface area contributed by atoms with Crippen LogP contribution in [-0.2, 0) is 19.1 Å². The van der Waals surface area contributed by atoms with Crippen molar-refractivity contribution in [3.8, 4) is 6.07 Å². The third-order valence-electron chi connectivity index (χ3n) is 8.78. The molecule has 1 amide bonds. The number of carboxylic acid groups (broad SMARTS) is 1. The van der Waals surface area contributed by atoms with Crippen molar-refractivity contribution in [2.75, 3.05) is 0 Å². The van der Waals surface area contributed by atoms with Gasteiger partial charge in [-0.05, 0) is 81.0 Å². The maximum absolute atomic E-state index is 13.5. The van der Waals surface area contributed by atoms with Gasteiger partial charge in [0.05, 0.1) is 12.1 Å². The first-order valence-electron chi connectivity index (χ1n) is 11.8. The Balaban J connectivity index is 1.33. The highest BCUT2D eigenvalue weighted by Gasteiger charge is 2.64. The molecule has 9 heteroatoms. The van der Waals surface area contributed by atoms with E-state index < -0.39 is 35.0 Å². The molecule has 6 fully saturated rings. The summed E-state index contributed by atoms with van der Waals surface area (Å²) in [4.78, 5) is 38.8. The number of carboxylic acids is 1. The molecule has 0 aromatic heterocycles. The quantitative estimate of drug-likeness (QED) is 0.488. The van der Waals surface area contributed by atoms with E-state index in [9.17, 15) is 19.6 Å². The smallest absolute Gasteiger partial charge is 0.323 e. The molecule has 9 nitrogen and oxygen atoms in total. The Kier molecular flexibility index (Phi) is 5.02. The highest BCUT2D eigenvalue weighted by molar-refractivity contribution is 5.84. The number of fused-ring (bicyclic) bond motifs is 1. The van der Waals surface area contributed by atoms with Crippen molar-refractivity contribution in [3.05, 3.63) is 0 Å². The second-order valence-electron chi connectivity index (χ2n) is 11.1. The second-order valence-corrected chi connectivity index (χ2v) is 11.1. The van der Waals surface area contributed by atoms with Crippen molar-refractivity contribution in [2.45, 2.75) is 94.0 Å². The van der Waals surface area contributed by atoms with Gasteiger partial charge in [0.25, 0.3) is 0 Å². The number of hydrogen-bond acceptors (Lipinski definition) is 7. The SMILES string of the molecule is N#C[C@@H]1C[C@@H]2C[C@@H]2N1C(=O)[C@@H](N)C12CC3CC(CC(OC(=O)[C@@H](N)CCC(=O)O)(C3)C1)C2. The van der Waals surface area contributed by atoms with E-state index in [2.05, 4.69) is 6.07 Å². The monoisotopic (exact) mass is 444 g/mol. The molecular formula is C23H32N4O5. The number of rotatable bonds is 7. The summed E-state index contributed by atoms with van der Waals surface area (Å²) in [7, 11) is 0. The van der Waals surface area contributed by atoms with Crippen LogP contribution in [-0.4, -0.2) is 57.6 Å². The molecule has 174 valence electrons. The summed E-state index contributed by atoms with van der Waals surface area (Å²) in [5.74, 6) is -0.556. The van der Waals surface area contributed by atoms with Gasteiger partial charge in [0.2, 0.25) is 5.91 Å². The Morgan fingerprint density at radius 2 is 1.81 bits per heavy atom. The number of likely N-dealkylation sites (tertiary alicyclic amines) is 1. The number of ether oxygens (including phenoxy) is 1. The van der Waals surface area contributed by atoms with Crippen LogP contribution in [0.15, 0.2) is 0 Å². The molecule has 7 atom stereocenters. The van der Waals surface area contributed by atoms with Crippen LogP contribution in [0.3, 0.4) is 0 Å². The normalized spacial score (nSPS) is 42.7. The van der Waals surface area contributed by atoms with Crippen LogP contribution in [0, 0.1) is 34.5 Å². The number of amides is 1. The maximum Gasteiger partial charge on any atom is 0.323 e. The lowest BCUT2D eigenvalue weighted by atomic mass is 9.46. The largest absolute Gasteiger partial charge is 0.481 e. The molecule has 0 spiro atoms. The average molecular weight is 445 g/mol. The Labute approximate surface area is 187 Å². The van der Waals surface area contributed by atoms with Crippen LogP contribution in [0.4, 0.5) is 0 Å². The molecule has 5 N–H and O–H groups in total. The summed E-state index contributed by atoms with van der Waals surface area (Å²) in [6, 6.07) is 0.369. The van der Waals surface area contributed by atoms with Crippen molar-refractivity contribution >= 4 is 17.8 Å². The molecule has 0 aromatic rings. The standard InChI is InChI=1S/C23H32N4O5/c24-10-15-4-14-5-17(14)27(15)20(30)19(26)22-6-12-3-13(7-22)9-23(8-12,11-22)32-21(31)16(25)1-2-18(28)29/h12-17,19H,1-9,11,25-26H2,(H,28,29)/t12?,13?,14-,15+,16+,17+,19-,22?,23?/m1/s1. The first-order valence-corrected chi connectivity index (χ1v) is 11.8. The molecule has 0 aromatic carbocycles. The zero-order valence-electron chi connectivity index (χ0n) is 18.2. The highest BCUT2D eigenvalue weighted by atomic mass is 16.6. The topological polar surface area (TPSA) is 160 Å². The zero-order valence-corrected chi connectivity index (χ0v) is 18.2. The molecule has 5 saturated carbocycles. The van der Waals surface area contributed by atoms with Crippen LogP contribution in [0.2, 0.25) is 0 Å². The van der Waals surface area contributed by atoms with Crippen LogP contribution in [0.25, 0.3) is 0 Å². The van der Waals surface area contributed by atoms with Gasteiger partial charge in [0, 0.05) is 12.5 Å². The zero-order chi connectivity index (χ0) is 22.8. The fourth-order valence-electron chi connectivity index (χ4n) is 7.73. The fraction of sp³-hybridized carbons (Fsp3) is 0.826. The van der Waals surface area contributed by atoms with Crippen LogP contribution in [0.1, 0.15) is 64.2 Å². The number of carbonyl (C=O) groups excluding carboxylic acids is 2. The predicted molar refractivity (Wildman–Crippen MR) is 112 cm³/mol. The summed E-state index contributed by atoms with van der Waals surface area (Å²) in [5, 5.41) is 18.4. The van der Waals surface area contributed by atoms with Gasteiger partial charge in [0.15, 0.2) is 0 Å². The summed E-state index contributed by atoms with van der Waals surface area (Å²) in [6.07, 6.45) is 6.34. The molecule has 0 radical (unpaired) electrons. The predicted octanol–water partition coefficient (Wildman–Crippen LogP) is 0.901. The summed E-state index contributed by atoms with van der Waals surface area (Å²) < 4.78 is 6.01. The lowest BCUT2D eigenvalue weighted by Crippen LogP contribution is -2.66. The third-order valence-corrected chi connectivity index (χ3v) is 8.78. The number of nitriles is 1. The number of nitrogens with two attached hydrogens (primary N) is 2. The minimum Gasteiger partial charge on any atom is -0.481 e. The Morgan fingerprint density at radius 1 is 1.12 bits per heavy atom. The Morgan fingerprint density at radius 3 is 2.44 bits per heavy atom. The third kappa shape index (κ3) is 3.48. The molecule has 1 heterocycles. The molecule has 1 saturated heterocycles. The number of piperidine rings is 1. The summed E-state index contributed by atoms with van der Waals surface area (Å²) >= 11 is 0. The molecule has 1 aliphatic heterocycles. The van der Waals surface area contributed by atoms with Crippen LogP contribution in [0.5, 0.6) is 0 Å². The first kappa shape index (κ1) is 21.7. The lowest BCUT2D eigenvalue weighted by molar-refractivity contribution is -0.207. The Bertz CT molecular complexity index is 870. The van der Waals surface area contributed by atoms with Gasteiger partial charge in [-0.15, -0.1) is 0 Å². The number of nitrogens with zero attached hydrogens (tertiary/aromatic N) is 2. The van der Waals surface area contributed by atoms with E-state index in [-0.39, 0.29) is 30.8 Å². The van der Waals surface area contributed by atoms with Crippen molar-refractivity contribution in [2.24, 2.45) is 34.6 Å². The van der Waals surface area contributed by atoms with Gasteiger partial charge in [-0.3, -0.25) is 14.4 Å². The van der Waals surface area contributed by atoms with E-state index in [1.807, 2.05) is 0 Å². The summed E-state index contributed by atoms with van der Waals surface area (Å²) in [6.45, 7) is 0. The van der Waals surface area contributed by atoms with E-state index in [0.717, 1.165) is 44.9 Å². The number of carbonyl (C=O) groups is 3. The molecule has 32 heavy (non-hydrogen) atoms. The first-order chi connectivity index (χ1) is 15.2. The average Bonchev–Trinajstić information content (AvgIpc) is 3.39. The molecule has 2 unspecified atom stereocenters. The Hall–Kier alpha value is -2.18. The lowest BCUT2D eigenvalue weighted by Gasteiger charge is -2.62. The van der Waals surface area contributed by atoms with Gasteiger partial charge in [-0.1, -0.05) is 0 Å². The highest BCUT2D eigenvalue weighted by Crippen LogP contribution is 2.64. The van der Waals surface area contributed by atoms with Crippen LogP contribution >= 0.6 is 0 Å². The van der Waals surface area contributed by atoms with E-state index in [1.165, 1.54) is 0 Å². The second kappa shape index (κ2) is 7.42. The van der Waals surface area contributed by atoms with Gasteiger partial charge in [-0.25, -0.2) is 0 Å². The maximum atomic E-state index is 13.5. The van der Waals surface area contributed by atoms with E-state index in [1.54, 1.807) is 4.90 Å². The minimum atomic E-state index is -0.998. The molecule has 6 aliphatic rings. The van der Waals surface area contributed by atoms with Crippen molar-refractivity contribution in [3.63, 3.8) is 0 Å². The molecule has 6 rings (SSSR count). The van der Waals surface area contributed by atoms with E-state index in [0.29, 0.717) is 24.2 Å².